The van der Waals surface area contributed by atoms with Gasteiger partial charge in [-0.3, -0.25) is 9.89 Å². The lowest BCUT2D eigenvalue weighted by Gasteiger charge is -2.06. The third-order valence-corrected chi connectivity index (χ3v) is 4.59. The maximum atomic E-state index is 12.4. The van der Waals surface area contributed by atoms with Gasteiger partial charge in [0.1, 0.15) is 5.82 Å². The molecule has 0 fully saturated rings. The highest BCUT2D eigenvalue weighted by Gasteiger charge is 2.12. The van der Waals surface area contributed by atoms with Crippen molar-refractivity contribution < 1.29 is 4.79 Å². The number of aromatic nitrogens is 4. The fourth-order valence-electron chi connectivity index (χ4n) is 3.30. The summed E-state index contributed by atoms with van der Waals surface area (Å²) < 4.78 is 2.11. The number of H-pyrrole nitrogens is 1. The van der Waals surface area contributed by atoms with Crippen LogP contribution in [-0.4, -0.2) is 25.7 Å². The van der Waals surface area contributed by atoms with Gasteiger partial charge in [0.25, 0.3) is 0 Å². The maximum Gasteiger partial charge on any atom is 0.228 e. The predicted molar refractivity (Wildman–Crippen MR) is 103 cm³/mol. The van der Waals surface area contributed by atoms with Crippen LogP contribution in [0.5, 0.6) is 0 Å². The van der Waals surface area contributed by atoms with Gasteiger partial charge in [0, 0.05) is 24.0 Å². The molecule has 4 aromatic rings. The summed E-state index contributed by atoms with van der Waals surface area (Å²) in [6, 6.07) is 11.7. The zero-order valence-corrected chi connectivity index (χ0v) is 15.1. The molecule has 0 spiro atoms. The van der Waals surface area contributed by atoms with Crippen molar-refractivity contribution in [1.29, 1.82) is 0 Å². The van der Waals surface area contributed by atoms with Crippen LogP contribution >= 0.6 is 0 Å². The standard InChI is InChI=1S/C20H21N5O/c1-12(2)20-23-17-8-13(4-7-18(17)25(20)3)9-19(26)22-15-6-5-14-11-21-24-16(14)10-15/h4-8,10-12H,9H2,1-3H3,(H,21,24)(H,22,26). The van der Waals surface area contributed by atoms with Crippen LogP contribution in [0.15, 0.2) is 42.6 Å². The van der Waals surface area contributed by atoms with E-state index in [9.17, 15) is 4.79 Å². The average Bonchev–Trinajstić information content (AvgIpc) is 3.18. The topological polar surface area (TPSA) is 75.6 Å². The first-order chi connectivity index (χ1) is 12.5. The van der Waals surface area contributed by atoms with E-state index >= 15 is 0 Å². The number of fused-ring (bicyclic) bond motifs is 2. The normalized spacial score (nSPS) is 11.5. The SMILES string of the molecule is CC(C)c1nc2cc(CC(=O)Nc3ccc4cn[nH]c4c3)ccc2n1C. The summed E-state index contributed by atoms with van der Waals surface area (Å²) in [6.45, 7) is 4.26. The number of nitrogens with one attached hydrogen (secondary N) is 2. The average molecular weight is 347 g/mol. The van der Waals surface area contributed by atoms with E-state index in [-0.39, 0.29) is 5.91 Å². The maximum absolute atomic E-state index is 12.4. The van der Waals surface area contributed by atoms with Gasteiger partial charge in [-0.2, -0.15) is 5.10 Å². The van der Waals surface area contributed by atoms with Gasteiger partial charge in [-0.15, -0.1) is 0 Å². The second kappa shape index (κ2) is 6.29. The molecule has 0 aliphatic carbocycles. The highest BCUT2D eigenvalue weighted by atomic mass is 16.1. The Morgan fingerprint density at radius 2 is 2.08 bits per heavy atom. The molecule has 0 radical (unpaired) electrons. The number of aromatic amines is 1. The number of hydrogen-bond donors (Lipinski definition) is 2. The van der Waals surface area contributed by atoms with E-state index in [1.54, 1.807) is 6.20 Å². The lowest BCUT2D eigenvalue weighted by atomic mass is 10.1. The van der Waals surface area contributed by atoms with E-state index in [2.05, 4.69) is 33.9 Å². The Balaban J connectivity index is 1.53. The fourth-order valence-corrected chi connectivity index (χ4v) is 3.30. The van der Waals surface area contributed by atoms with Crippen molar-refractivity contribution in [2.75, 3.05) is 5.32 Å². The molecule has 132 valence electrons. The van der Waals surface area contributed by atoms with E-state index in [4.69, 9.17) is 4.98 Å². The highest BCUT2D eigenvalue weighted by Crippen LogP contribution is 2.22. The minimum Gasteiger partial charge on any atom is -0.331 e. The highest BCUT2D eigenvalue weighted by molar-refractivity contribution is 5.95. The number of carbonyl (C=O) groups is 1. The number of anilines is 1. The number of aryl methyl sites for hydroxylation is 1. The van der Waals surface area contributed by atoms with Gasteiger partial charge >= 0.3 is 0 Å². The molecule has 4 rings (SSSR count). The van der Waals surface area contributed by atoms with E-state index in [1.807, 2.05) is 43.4 Å². The van der Waals surface area contributed by atoms with E-state index in [0.29, 0.717) is 12.3 Å². The Bertz CT molecular complexity index is 1110. The molecule has 0 saturated heterocycles. The Morgan fingerprint density at radius 3 is 2.88 bits per heavy atom. The Labute approximate surface area is 151 Å². The summed E-state index contributed by atoms with van der Waals surface area (Å²) in [4.78, 5) is 17.1. The number of hydrogen-bond acceptors (Lipinski definition) is 3. The van der Waals surface area contributed by atoms with E-state index in [1.165, 1.54) is 0 Å². The van der Waals surface area contributed by atoms with Crippen molar-refractivity contribution in [2.24, 2.45) is 7.05 Å². The van der Waals surface area contributed by atoms with Gasteiger partial charge in [-0.1, -0.05) is 19.9 Å². The molecule has 0 unspecified atom stereocenters. The summed E-state index contributed by atoms with van der Waals surface area (Å²) in [7, 11) is 2.03. The van der Waals surface area contributed by atoms with Crippen molar-refractivity contribution >= 4 is 33.5 Å². The molecule has 2 heterocycles. The van der Waals surface area contributed by atoms with Crippen LogP contribution in [0.25, 0.3) is 21.9 Å². The molecular formula is C20H21N5O. The molecule has 0 aliphatic heterocycles. The largest absolute Gasteiger partial charge is 0.331 e. The number of carbonyl (C=O) groups excluding carboxylic acids is 1. The zero-order valence-electron chi connectivity index (χ0n) is 15.1. The van der Waals surface area contributed by atoms with Gasteiger partial charge < -0.3 is 9.88 Å². The van der Waals surface area contributed by atoms with Crippen LogP contribution < -0.4 is 5.32 Å². The van der Waals surface area contributed by atoms with Crippen molar-refractivity contribution in [3.05, 3.63) is 54.0 Å². The van der Waals surface area contributed by atoms with Gasteiger partial charge in [-0.25, -0.2) is 4.98 Å². The minimum absolute atomic E-state index is 0.0526. The van der Waals surface area contributed by atoms with E-state index in [0.717, 1.165) is 39.0 Å². The second-order valence-electron chi connectivity index (χ2n) is 6.90. The molecule has 26 heavy (non-hydrogen) atoms. The van der Waals surface area contributed by atoms with Gasteiger partial charge in [0.05, 0.1) is 29.2 Å². The first-order valence-corrected chi connectivity index (χ1v) is 8.69. The summed E-state index contributed by atoms with van der Waals surface area (Å²) >= 11 is 0. The third-order valence-electron chi connectivity index (χ3n) is 4.59. The van der Waals surface area contributed by atoms with Crippen LogP contribution in [0.4, 0.5) is 5.69 Å². The van der Waals surface area contributed by atoms with Crippen LogP contribution in [0.2, 0.25) is 0 Å². The number of nitrogens with zero attached hydrogens (tertiary/aromatic N) is 3. The third kappa shape index (κ3) is 2.94. The number of benzene rings is 2. The molecule has 2 N–H and O–H groups in total. The van der Waals surface area contributed by atoms with Crippen LogP contribution in [0, 0.1) is 0 Å². The van der Waals surface area contributed by atoms with Crippen molar-refractivity contribution in [2.45, 2.75) is 26.2 Å². The van der Waals surface area contributed by atoms with E-state index < -0.39 is 0 Å². The monoisotopic (exact) mass is 347 g/mol. The van der Waals surface area contributed by atoms with Crippen molar-refractivity contribution in [3.8, 4) is 0 Å². The molecule has 0 bridgehead atoms. The smallest absolute Gasteiger partial charge is 0.228 e. The summed E-state index contributed by atoms with van der Waals surface area (Å²) in [5, 5.41) is 10.9. The first kappa shape index (κ1) is 16.3. The molecule has 1 amide bonds. The quantitative estimate of drug-likeness (QED) is 0.590. The van der Waals surface area contributed by atoms with Crippen LogP contribution in [-0.2, 0) is 18.3 Å². The van der Waals surface area contributed by atoms with Crippen molar-refractivity contribution in [3.63, 3.8) is 0 Å². The summed E-state index contributed by atoms with van der Waals surface area (Å²) in [5.74, 6) is 1.36. The Hall–Kier alpha value is -3.15. The molecule has 0 atom stereocenters. The molecule has 6 heteroatoms. The van der Waals surface area contributed by atoms with Crippen molar-refractivity contribution in [1.82, 2.24) is 19.7 Å². The first-order valence-electron chi connectivity index (χ1n) is 8.69. The fraction of sp³-hybridized carbons (Fsp3) is 0.250. The van der Waals surface area contributed by atoms with Crippen LogP contribution in [0.1, 0.15) is 31.2 Å². The number of amides is 1. The van der Waals surface area contributed by atoms with Gasteiger partial charge in [-0.05, 0) is 35.9 Å². The number of rotatable bonds is 4. The lowest BCUT2D eigenvalue weighted by Crippen LogP contribution is -2.14. The molecular weight excluding hydrogens is 326 g/mol. The van der Waals surface area contributed by atoms with Gasteiger partial charge in [0.2, 0.25) is 5.91 Å². The Kier molecular flexibility index (Phi) is 3.95. The van der Waals surface area contributed by atoms with Gasteiger partial charge in [0.15, 0.2) is 0 Å². The molecule has 0 saturated carbocycles. The molecule has 6 nitrogen and oxygen atoms in total. The minimum atomic E-state index is -0.0526. The molecule has 2 aromatic heterocycles. The zero-order chi connectivity index (χ0) is 18.3. The molecule has 0 aliphatic rings. The molecule has 2 aromatic carbocycles. The lowest BCUT2D eigenvalue weighted by molar-refractivity contribution is -0.115. The predicted octanol–water partition coefficient (Wildman–Crippen LogP) is 3.75. The second-order valence-corrected chi connectivity index (χ2v) is 6.90. The summed E-state index contributed by atoms with van der Waals surface area (Å²) in [5.41, 5.74) is 4.63. The number of imidazole rings is 1. The van der Waals surface area contributed by atoms with Crippen LogP contribution in [0.3, 0.4) is 0 Å². The Morgan fingerprint density at radius 1 is 1.23 bits per heavy atom. The summed E-state index contributed by atoms with van der Waals surface area (Å²) in [6.07, 6.45) is 2.07.